The molecule has 7 heteroatoms. The largest absolute Gasteiger partial charge is 0.393 e. The van der Waals surface area contributed by atoms with Crippen LogP contribution in [0.4, 0.5) is 0 Å². The number of nitrogens with two attached hydrogens (primary N) is 1. The van der Waals surface area contributed by atoms with Crippen molar-refractivity contribution in [1.29, 1.82) is 0 Å². The molecule has 5 nitrogen and oxygen atoms in total. The lowest BCUT2D eigenvalue weighted by atomic mass is 10.0. The van der Waals surface area contributed by atoms with Crippen molar-refractivity contribution >= 4 is 27.2 Å². The van der Waals surface area contributed by atoms with Crippen molar-refractivity contribution in [2.45, 2.75) is 17.7 Å². The molecule has 0 spiro atoms. The zero-order valence-corrected chi connectivity index (χ0v) is 11.5. The lowest BCUT2D eigenvalue weighted by molar-refractivity contribution is 0.312. The minimum absolute atomic E-state index is 0.0276. The van der Waals surface area contributed by atoms with Crippen LogP contribution in [0.3, 0.4) is 0 Å². The Morgan fingerprint density at radius 3 is 2.94 bits per heavy atom. The van der Waals surface area contributed by atoms with Gasteiger partial charge < -0.3 is 5.73 Å². The fourth-order valence-electron chi connectivity index (χ4n) is 2.04. The number of hydrogen-bond acceptors (Lipinski definition) is 4. The molecule has 2 heterocycles. The molecule has 1 fully saturated rings. The summed E-state index contributed by atoms with van der Waals surface area (Å²) in [6.07, 6.45) is 4.54. The Bertz CT molecular complexity index is 530. The number of piperidine rings is 1. The standard InChI is InChI=1S/C11H15N3O2S2/c12-11(17)9-3-2-6-14(8-9)18(15,16)10-4-1-5-13-7-10/h1,4-5,7,9H,2-3,6,8H2,(H2,12,17). The Labute approximate surface area is 112 Å². The molecule has 1 aliphatic rings. The van der Waals surface area contributed by atoms with Gasteiger partial charge in [-0.25, -0.2) is 8.42 Å². The summed E-state index contributed by atoms with van der Waals surface area (Å²) in [4.78, 5) is 4.45. The maximum Gasteiger partial charge on any atom is 0.244 e. The predicted molar refractivity (Wildman–Crippen MR) is 72.5 cm³/mol. The Balaban J connectivity index is 2.23. The molecule has 1 atom stereocenters. The number of thiocarbonyl (C=S) groups is 1. The van der Waals surface area contributed by atoms with E-state index in [1.165, 1.54) is 10.5 Å². The Morgan fingerprint density at radius 2 is 2.33 bits per heavy atom. The first-order valence-corrected chi connectivity index (χ1v) is 7.56. The summed E-state index contributed by atoms with van der Waals surface area (Å²) in [7, 11) is -3.47. The number of rotatable bonds is 3. The van der Waals surface area contributed by atoms with E-state index in [9.17, 15) is 8.42 Å². The van der Waals surface area contributed by atoms with Crippen LogP contribution in [-0.2, 0) is 10.0 Å². The highest BCUT2D eigenvalue weighted by atomic mass is 32.2. The van der Waals surface area contributed by atoms with Gasteiger partial charge in [-0.2, -0.15) is 4.31 Å². The van der Waals surface area contributed by atoms with Gasteiger partial charge in [-0.3, -0.25) is 4.98 Å². The molecule has 1 aromatic heterocycles. The van der Waals surface area contributed by atoms with Crippen LogP contribution < -0.4 is 5.73 Å². The molecule has 98 valence electrons. The summed E-state index contributed by atoms with van der Waals surface area (Å²) in [6, 6.07) is 3.16. The average Bonchev–Trinajstić information content (AvgIpc) is 2.40. The average molecular weight is 285 g/mol. The molecule has 0 bridgehead atoms. The molecule has 1 aromatic rings. The van der Waals surface area contributed by atoms with Crippen molar-refractivity contribution < 1.29 is 8.42 Å². The zero-order valence-electron chi connectivity index (χ0n) is 9.82. The maximum atomic E-state index is 12.4. The molecule has 2 N–H and O–H groups in total. The van der Waals surface area contributed by atoms with E-state index in [1.807, 2.05) is 0 Å². The molecule has 2 rings (SSSR count). The van der Waals surface area contributed by atoms with E-state index < -0.39 is 10.0 Å². The Kier molecular flexibility index (Phi) is 3.94. The van der Waals surface area contributed by atoms with Crippen molar-refractivity contribution in [3.8, 4) is 0 Å². The fraction of sp³-hybridized carbons (Fsp3) is 0.455. The summed E-state index contributed by atoms with van der Waals surface area (Å²) < 4.78 is 26.2. The third-order valence-corrected chi connectivity index (χ3v) is 5.24. The van der Waals surface area contributed by atoms with Crippen LogP contribution in [0, 0.1) is 5.92 Å². The summed E-state index contributed by atoms with van der Waals surface area (Å²) in [5.41, 5.74) is 5.61. The van der Waals surface area contributed by atoms with Gasteiger partial charge in [0.2, 0.25) is 10.0 Å². The molecular formula is C11H15N3O2S2. The van der Waals surface area contributed by atoms with Gasteiger partial charge >= 0.3 is 0 Å². The highest BCUT2D eigenvalue weighted by Crippen LogP contribution is 2.23. The molecule has 1 saturated heterocycles. The summed E-state index contributed by atoms with van der Waals surface area (Å²) in [5.74, 6) is -0.0276. The van der Waals surface area contributed by atoms with E-state index in [4.69, 9.17) is 18.0 Å². The van der Waals surface area contributed by atoms with E-state index in [1.54, 1.807) is 18.3 Å². The van der Waals surface area contributed by atoms with E-state index in [-0.39, 0.29) is 10.8 Å². The van der Waals surface area contributed by atoms with Crippen LogP contribution in [0.2, 0.25) is 0 Å². The maximum absolute atomic E-state index is 12.4. The molecule has 1 unspecified atom stereocenters. The van der Waals surface area contributed by atoms with Gasteiger partial charge in [-0.1, -0.05) is 12.2 Å². The number of aromatic nitrogens is 1. The van der Waals surface area contributed by atoms with Crippen LogP contribution in [-0.4, -0.2) is 35.8 Å². The minimum atomic E-state index is -3.47. The zero-order chi connectivity index (χ0) is 13.2. The van der Waals surface area contributed by atoms with Crippen molar-refractivity contribution in [3.63, 3.8) is 0 Å². The molecule has 0 saturated carbocycles. The third-order valence-electron chi connectivity index (χ3n) is 3.06. The van der Waals surface area contributed by atoms with Crippen molar-refractivity contribution in [3.05, 3.63) is 24.5 Å². The minimum Gasteiger partial charge on any atom is -0.393 e. The van der Waals surface area contributed by atoms with Crippen LogP contribution in [0.25, 0.3) is 0 Å². The first-order valence-electron chi connectivity index (χ1n) is 5.71. The second kappa shape index (κ2) is 5.29. The first kappa shape index (κ1) is 13.4. The highest BCUT2D eigenvalue weighted by molar-refractivity contribution is 7.89. The lowest BCUT2D eigenvalue weighted by Gasteiger charge is -2.31. The van der Waals surface area contributed by atoms with Gasteiger partial charge in [0.15, 0.2) is 0 Å². The lowest BCUT2D eigenvalue weighted by Crippen LogP contribution is -2.43. The van der Waals surface area contributed by atoms with E-state index in [2.05, 4.69) is 4.98 Å². The van der Waals surface area contributed by atoms with Gasteiger partial charge in [0.1, 0.15) is 4.90 Å². The quantitative estimate of drug-likeness (QED) is 0.830. The topological polar surface area (TPSA) is 76.3 Å². The second-order valence-electron chi connectivity index (χ2n) is 4.29. The van der Waals surface area contributed by atoms with Crippen LogP contribution in [0.15, 0.2) is 29.4 Å². The second-order valence-corrected chi connectivity index (χ2v) is 6.70. The van der Waals surface area contributed by atoms with Gasteiger partial charge in [-0.15, -0.1) is 0 Å². The van der Waals surface area contributed by atoms with Gasteiger partial charge in [-0.05, 0) is 25.0 Å². The van der Waals surface area contributed by atoms with Crippen molar-refractivity contribution in [1.82, 2.24) is 9.29 Å². The fourth-order valence-corrected chi connectivity index (χ4v) is 3.72. The smallest absolute Gasteiger partial charge is 0.244 e. The molecule has 0 radical (unpaired) electrons. The number of hydrogen-bond donors (Lipinski definition) is 1. The summed E-state index contributed by atoms with van der Waals surface area (Å²) in [6.45, 7) is 0.878. The SMILES string of the molecule is NC(=S)C1CCCN(S(=O)(=O)c2cccnc2)C1. The summed E-state index contributed by atoms with van der Waals surface area (Å²) in [5, 5.41) is 0. The molecule has 0 aromatic carbocycles. The molecule has 0 aliphatic carbocycles. The summed E-state index contributed by atoms with van der Waals surface area (Å²) >= 11 is 4.95. The van der Waals surface area contributed by atoms with Gasteiger partial charge in [0.05, 0.1) is 4.99 Å². The van der Waals surface area contributed by atoms with E-state index >= 15 is 0 Å². The monoisotopic (exact) mass is 285 g/mol. The van der Waals surface area contributed by atoms with Crippen LogP contribution >= 0.6 is 12.2 Å². The van der Waals surface area contributed by atoms with Crippen LogP contribution in [0.5, 0.6) is 0 Å². The van der Waals surface area contributed by atoms with Crippen LogP contribution in [0.1, 0.15) is 12.8 Å². The van der Waals surface area contributed by atoms with Gasteiger partial charge in [0, 0.05) is 31.4 Å². The van der Waals surface area contributed by atoms with E-state index in [0.717, 1.165) is 12.8 Å². The number of sulfonamides is 1. The van der Waals surface area contributed by atoms with Crippen molar-refractivity contribution in [2.75, 3.05) is 13.1 Å². The highest BCUT2D eigenvalue weighted by Gasteiger charge is 2.31. The molecular weight excluding hydrogens is 270 g/mol. The van der Waals surface area contributed by atoms with Gasteiger partial charge in [0.25, 0.3) is 0 Å². The molecule has 1 aliphatic heterocycles. The normalized spacial score (nSPS) is 21.7. The third kappa shape index (κ3) is 2.68. The van der Waals surface area contributed by atoms with Crippen molar-refractivity contribution in [2.24, 2.45) is 11.7 Å². The Morgan fingerprint density at radius 1 is 1.56 bits per heavy atom. The predicted octanol–water partition coefficient (Wildman–Crippen LogP) is 0.768. The number of pyridine rings is 1. The molecule has 0 amide bonds. The molecule has 18 heavy (non-hydrogen) atoms. The first-order chi connectivity index (χ1) is 8.51. The number of nitrogens with zero attached hydrogens (tertiary/aromatic N) is 2. The Hall–Kier alpha value is -1.05. The van der Waals surface area contributed by atoms with E-state index in [0.29, 0.717) is 18.1 Å².